The number of fused-ring (bicyclic) bond motifs is 2. The Balaban J connectivity index is 1.20. The van der Waals surface area contributed by atoms with Crippen LogP contribution in [0.1, 0.15) is 29.7 Å². The molecular weight excluding hydrogens is 492 g/mol. The molecule has 7 rings (SSSR count). The number of allylic oxidation sites excluding steroid dienone is 1. The van der Waals surface area contributed by atoms with Crippen LogP contribution in [0.5, 0.6) is 5.88 Å². The van der Waals surface area contributed by atoms with Crippen LogP contribution in [-0.2, 0) is 11.3 Å². The molecule has 2 N–H and O–H groups in total. The Kier molecular flexibility index (Phi) is 6.92. The highest BCUT2D eigenvalue weighted by Crippen LogP contribution is 2.36. The molecule has 0 spiro atoms. The third-order valence-corrected chi connectivity index (χ3v) is 7.72. The zero-order valence-corrected chi connectivity index (χ0v) is 21.8. The van der Waals surface area contributed by atoms with E-state index in [1.165, 1.54) is 23.8 Å². The highest BCUT2D eigenvalue weighted by Gasteiger charge is 2.44. The maximum atomic E-state index is 9.63. The van der Waals surface area contributed by atoms with E-state index in [1.54, 1.807) is 19.5 Å². The van der Waals surface area contributed by atoms with E-state index in [0.717, 1.165) is 43.0 Å². The number of aromatic nitrogens is 4. The minimum atomic E-state index is 0.298. The summed E-state index contributed by atoms with van der Waals surface area (Å²) in [7, 11) is 1.63. The minimum absolute atomic E-state index is 0.298. The van der Waals surface area contributed by atoms with E-state index in [0.29, 0.717) is 48.1 Å². The molecule has 7 heterocycles. The third-order valence-electron chi connectivity index (χ3n) is 7.72. The standard InChI is InChI=1S/C29H30N8O2/c1-38-28-3-2-19(12-34-28)16-37-23-9-24(37)18-36(17-23)27-15-32-26(14-33-27)25-8-21(20-4-6-39-7-5-20)13-35-29(25)22(10-30)11-31/h2-4,8,10,12-15,23-24H,5-7,9,16-18,30H2,1H3. The fourth-order valence-electron chi connectivity index (χ4n) is 5.60. The van der Waals surface area contributed by atoms with Gasteiger partial charge in [0.1, 0.15) is 11.9 Å². The zero-order chi connectivity index (χ0) is 26.8. The lowest BCUT2D eigenvalue weighted by Gasteiger charge is -2.56. The molecule has 2 unspecified atom stereocenters. The smallest absolute Gasteiger partial charge is 0.212 e. The lowest BCUT2D eigenvalue weighted by molar-refractivity contribution is -0.00879. The molecule has 3 aromatic heterocycles. The Morgan fingerprint density at radius 1 is 1.15 bits per heavy atom. The molecule has 0 radical (unpaired) electrons. The van der Waals surface area contributed by atoms with Crippen LogP contribution in [0.2, 0.25) is 0 Å². The molecule has 39 heavy (non-hydrogen) atoms. The SMILES string of the molecule is COc1ccc(CN2C3CC2CN(c2cnc(-c4cc(C5=CCOCC5)cnc4C(C#N)=CN)cn2)C3)cn1. The first-order valence-corrected chi connectivity index (χ1v) is 13.1. The second kappa shape index (κ2) is 10.8. The Labute approximate surface area is 227 Å². The number of pyridine rings is 2. The molecule has 4 aliphatic rings. The fraction of sp³-hybridized carbons (Fsp3) is 0.345. The van der Waals surface area contributed by atoms with E-state index >= 15 is 0 Å². The van der Waals surface area contributed by atoms with Crippen LogP contribution >= 0.6 is 0 Å². The van der Waals surface area contributed by atoms with Crippen molar-refractivity contribution in [1.82, 2.24) is 24.8 Å². The average molecular weight is 523 g/mol. The Morgan fingerprint density at radius 3 is 2.67 bits per heavy atom. The molecule has 0 aromatic carbocycles. The van der Waals surface area contributed by atoms with Crippen LogP contribution in [0.4, 0.5) is 5.82 Å². The fourth-order valence-corrected chi connectivity index (χ4v) is 5.60. The summed E-state index contributed by atoms with van der Waals surface area (Å²) < 4.78 is 10.6. The number of ether oxygens (including phenoxy) is 2. The zero-order valence-electron chi connectivity index (χ0n) is 21.8. The topological polar surface area (TPSA) is 126 Å². The first-order chi connectivity index (χ1) is 19.2. The molecule has 2 bridgehead atoms. The molecule has 4 aliphatic heterocycles. The van der Waals surface area contributed by atoms with Crippen molar-refractivity contribution in [1.29, 1.82) is 5.26 Å². The molecule has 3 fully saturated rings. The number of nitrogens with two attached hydrogens (primary N) is 1. The van der Waals surface area contributed by atoms with E-state index in [4.69, 9.17) is 25.2 Å². The predicted octanol–water partition coefficient (Wildman–Crippen LogP) is 3.03. The summed E-state index contributed by atoms with van der Waals surface area (Å²) in [6, 6.07) is 9.10. The average Bonchev–Trinajstić information content (AvgIpc) is 3.01. The van der Waals surface area contributed by atoms with Crippen LogP contribution in [-0.4, -0.2) is 70.3 Å². The van der Waals surface area contributed by atoms with Gasteiger partial charge in [-0.25, -0.2) is 9.97 Å². The van der Waals surface area contributed by atoms with Gasteiger partial charge in [-0.2, -0.15) is 5.26 Å². The summed E-state index contributed by atoms with van der Waals surface area (Å²) in [4.78, 5) is 23.3. The van der Waals surface area contributed by atoms with E-state index in [1.807, 2.05) is 24.5 Å². The maximum Gasteiger partial charge on any atom is 0.212 e. The van der Waals surface area contributed by atoms with Gasteiger partial charge >= 0.3 is 0 Å². The number of piperidine rings is 1. The van der Waals surface area contributed by atoms with Crippen LogP contribution in [0.3, 0.4) is 0 Å². The molecule has 2 atom stereocenters. The summed E-state index contributed by atoms with van der Waals surface area (Å²) in [6.07, 6.45) is 12.6. The van der Waals surface area contributed by atoms with Crippen LogP contribution in [0.25, 0.3) is 22.4 Å². The second-order valence-corrected chi connectivity index (χ2v) is 9.96. The number of hydrogen-bond donors (Lipinski definition) is 1. The Bertz CT molecular complexity index is 1430. The van der Waals surface area contributed by atoms with Gasteiger partial charge in [0.15, 0.2) is 0 Å². The summed E-state index contributed by atoms with van der Waals surface area (Å²) in [5.41, 5.74) is 11.3. The molecule has 0 saturated carbocycles. The molecule has 10 heteroatoms. The molecular formula is C29H30N8O2. The number of methoxy groups -OCH3 is 1. The van der Waals surface area contributed by atoms with Crippen molar-refractivity contribution < 1.29 is 9.47 Å². The largest absolute Gasteiger partial charge is 0.481 e. The number of piperazine rings is 1. The molecule has 0 amide bonds. The molecule has 3 saturated heterocycles. The summed E-state index contributed by atoms with van der Waals surface area (Å²) in [5.74, 6) is 1.49. The van der Waals surface area contributed by atoms with Gasteiger partial charge < -0.3 is 20.1 Å². The van der Waals surface area contributed by atoms with Gasteiger partial charge in [0.2, 0.25) is 5.88 Å². The summed E-state index contributed by atoms with van der Waals surface area (Å²) >= 11 is 0. The number of hydrogen-bond acceptors (Lipinski definition) is 10. The van der Waals surface area contributed by atoms with E-state index < -0.39 is 0 Å². The summed E-state index contributed by atoms with van der Waals surface area (Å²) in [5, 5.41) is 9.63. The van der Waals surface area contributed by atoms with Gasteiger partial charge in [0.05, 0.1) is 49.7 Å². The molecule has 0 aliphatic carbocycles. The second-order valence-electron chi connectivity index (χ2n) is 9.96. The predicted molar refractivity (Wildman–Crippen MR) is 147 cm³/mol. The van der Waals surface area contributed by atoms with Crippen LogP contribution in [0.15, 0.2) is 55.3 Å². The molecule has 10 nitrogen and oxygen atoms in total. The maximum absolute atomic E-state index is 9.63. The van der Waals surface area contributed by atoms with Crippen molar-refractivity contribution in [3.8, 4) is 23.2 Å². The number of rotatable bonds is 7. The van der Waals surface area contributed by atoms with Crippen molar-refractivity contribution in [3.63, 3.8) is 0 Å². The minimum Gasteiger partial charge on any atom is -0.481 e. The van der Waals surface area contributed by atoms with Gasteiger partial charge in [-0.05, 0) is 35.6 Å². The van der Waals surface area contributed by atoms with Crippen molar-refractivity contribution in [2.45, 2.75) is 31.5 Å². The number of nitrogens with zero attached hydrogens (tertiary/aromatic N) is 7. The molecule has 3 aromatic rings. The van der Waals surface area contributed by atoms with Gasteiger partial charge in [-0.3, -0.25) is 14.9 Å². The van der Waals surface area contributed by atoms with Crippen LogP contribution < -0.4 is 15.4 Å². The van der Waals surface area contributed by atoms with Crippen molar-refractivity contribution in [2.24, 2.45) is 5.73 Å². The van der Waals surface area contributed by atoms with Crippen LogP contribution in [0, 0.1) is 11.3 Å². The summed E-state index contributed by atoms with van der Waals surface area (Å²) in [6.45, 7) is 3.95. The number of nitriles is 1. The van der Waals surface area contributed by atoms with Gasteiger partial charge in [0, 0.05) is 61.9 Å². The van der Waals surface area contributed by atoms with Crippen molar-refractivity contribution in [2.75, 3.05) is 38.3 Å². The van der Waals surface area contributed by atoms with Gasteiger partial charge in [-0.15, -0.1) is 0 Å². The van der Waals surface area contributed by atoms with E-state index in [9.17, 15) is 5.26 Å². The first-order valence-electron chi connectivity index (χ1n) is 13.1. The van der Waals surface area contributed by atoms with E-state index in [-0.39, 0.29) is 0 Å². The Hall–Kier alpha value is -4.33. The Morgan fingerprint density at radius 2 is 2.03 bits per heavy atom. The van der Waals surface area contributed by atoms with Gasteiger partial charge in [0.25, 0.3) is 0 Å². The van der Waals surface area contributed by atoms with E-state index in [2.05, 4.69) is 38.0 Å². The quantitative estimate of drug-likeness (QED) is 0.463. The van der Waals surface area contributed by atoms with Gasteiger partial charge in [-0.1, -0.05) is 12.1 Å². The number of anilines is 1. The van der Waals surface area contributed by atoms with Crippen molar-refractivity contribution in [3.05, 3.63) is 72.1 Å². The third kappa shape index (κ3) is 4.94. The lowest BCUT2D eigenvalue weighted by Crippen LogP contribution is -2.68. The normalized spacial score (nSPS) is 21.1. The first kappa shape index (κ1) is 25.0. The molecule has 198 valence electrons. The lowest BCUT2D eigenvalue weighted by atomic mass is 9.87. The monoisotopic (exact) mass is 522 g/mol. The highest BCUT2D eigenvalue weighted by molar-refractivity contribution is 5.85. The highest BCUT2D eigenvalue weighted by atomic mass is 16.5. The van der Waals surface area contributed by atoms with Crippen molar-refractivity contribution >= 4 is 17.0 Å².